The number of rotatable bonds is 0. The SMILES string of the molecule is c1ccc2c(c1)Cc1c-2ccc2c1-c1c(nc3c4cccnc4c4ccncc4n13)C2.c1ccc2c(c1)Cc1c-2ccc2c1-c1c(nc3c4ccncc4c4ccncc4n13)C2.c1ccc2c(c1)Cc1c-2ccc2c1-c1c(nc3c4cnccc4c4ccncc4n13)C2.c1ccc2c(c1)Cc1c-2ccc2c1-c1c(nc3c4ncccc4c4ccncc4n13)C2. The molecule has 24 aromatic rings. The highest BCUT2D eigenvalue weighted by Gasteiger charge is 2.39. The summed E-state index contributed by atoms with van der Waals surface area (Å²) in [4.78, 5) is 56.7. The molecule has 0 radical (unpaired) electrons. The van der Waals surface area contributed by atoms with Gasteiger partial charge in [0.05, 0.1) is 97.9 Å². The van der Waals surface area contributed by atoms with Gasteiger partial charge in [0.1, 0.15) is 22.5 Å². The van der Waals surface area contributed by atoms with E-state index in [1.165, 1.54) is 167 Å². The van der Waals surface area contributed by atoms with E-state index in [0.717, 1.165) is 173 Å². The zero-order valence-electron chi connectivity index (χ0n) is 66.5. The lowest BCUT2D eigenvalue weighted by atomic mass is 9.97. The van der Waals surface area contributed by atoms with Crippen LogP contribution in [0.25, 0.3) is 199 Å². The van der Waals surface area contributed by atoms with Crippen molar-refractivity contribution < 1.29 is 0 Å². The van der Waals surface area contributed by atoms with Crippen LogP contribution in [0.2, 0.25) is 0 Å². The number of pyridine rings is 12. The number of imidazole rings is 4. The van der Waals surface area contributed by atoms with Crippen LogP contribution in [0.15, 0.2) is 293 Å². The minimum absolute atomic E-state index is 0.867. The van der Waals surface area contributed by atoms with E-state index in [1.54, 1.807) is 0 Å². The molecule has 16 heterocycles. The largest absolute Gasteiger partial charge is 0.290 e. The second-order valence-corrected chi connectivity index (χ2v) is 34.0. The van der Waals surface area contributed by atoms with Crippen LogP contribution in [-0.2, 0) is 51.4 Å². The van der Waals surface area contributed by atoms with Crippen LogP contribution in [-0.4, -0.2) is 77.4 Å². The van der Waals surface area contributed by atoms with Crippen molar-refractivity contribution in [1.82, 2.24) is 77.4 Å². The van der Waals surface area contributed by atoms with Crippen molar-refractivity contribution in [2.75, 3.05) is 0 Å². The molecule has 0 fully saturated rings. The third kappa shape index (κ3) is 8.98. The zero-order chi connectivity index (χ0) is 80.4. The molecule has 576 valence electrons. The van der Waals surface area contributed by atoms with E-state index in [0.29, 0.717) is 0 Å². The van der Waals surface area contributed by atoms with Crippen LogP contribution in [0, 0.1) is 0 Å². The zero-order valence-corrected chi connectivity index (χ0v) is 66.5. The van der Waals surface area contributed by atoms with Crippen molar-refractivity contribution in [3.05, 3.63) is 383 Å². The number of hydrogen-bond acceptors (Lipinski definition) is 12. The van der Waals surface area contributed by atoms with Crippen LogP contribution in [0.3, 0.4) is 0 Å². The predicted octanol–water partition coefficient (Wildman–Crippen LogP) is 22.3. The minimum atomic E-state index is 0.867. The molecule has 0 aliphatic heterocycles. The Balaban J connectivity index is 0.0000000828. The molecule has 0 N–H and O–H groups in total. The lowest BCUT2D eigenvalue weighted by Gasteiger charge is -2.13. The summed E-state index contributed by atoms with van der Waals surface area (Å²) < 4.78 is 9.31. The van der Waals surface area contributed by atoms with Gasteiger partial charge < -0.3 is 0 Å². The Hall–Kier alpha value is -16.2. The normalized spacial score (nSPS) is 13.5. The molecule has 16 nitrogen and oxygen atoms in total. The van der Waals surface area contributed by atoms with Gasteiger partial charge in [-0.3, -0.25) is 57.5 Å². The molecule has 0 amide bonds. The molecule has 0 atom stereocenters. The molecule has 8 aliphatic rings. The fourth-order valence-electron chi connectivity index (χ4n) is 22.9. The van der Waals surface area contributed by atoms with Crippen LogP contribution in [0.4, 0.5) is 0 Å². The summed E-state index contributed by atoms with van der Waals surface area (Å²) in [6.07, 6.45) is 34.0. The molecule has 16 heteroatoms. The fraction of sp³-hybridized carbons (Fsp3) is 0.0741. The van der Waals surface area contributed by atoms with Gasteiger partial charge in [-0.1, -0.05) is 152 Å². The fourth-order valence-corrected chi connectivity index (χ4v) is 22.9. The maximum absolute atomic E-state index is 5.17. The summed E-state index contributed by atoms with van der Waals surface area (Å²) in [5.74, 6) is 0. The van der Waals surface area contributed by atoms with Crippen LogP contribution in [0.1, 0.15) is 89.5 Å². The Morgan fingerprint density at radius 2 is 0.508 bits per heavy atom. The second kappa shape index (κ2) is 24.7. The van der Waals surface area contributed by atoms with E-state index in [1.807, 2.05) is 98.9 Å². The topological polar surface area (TPSA) is 172 Å². The summed E-state index contributed by atoms with van der Waals surface area (Å²) in [6, 6.07) is 74.3. The first-order valence-electron chi connectivity index (χ1n) is 42.5. The van der Waals surface area contributed by atoms with Gasteiger partial charge in [0.2, 0.25) is 0 Å². The third-order valence-electron chi connectivity index (χ3n) is 28.0. The quantitative estimate of drug-likeness (QED) is 0.132. The van der Waals surface area contributed by atoms with Crippen molar-refractivity contribution in [3.8, 4) is 89.5 Å². The van der Waals surface area contributed by atoms with E-state index in [2.05, 4.69) is 242 Å². The highest BCUT2D eigenvalue weighted by Crippen LogP contribution is 2.55. The summed E-state index contributed by atoms with van der Waals surface area (Å²) in [5.41, 5.74) is 53.0. The lowest BCUT2D eigenvalue weighted by molar-refractivity contribution is 1.16. The molecule has 8 aliphatic carbocycles. The molecular weight excluding hydrogens is 1520 g/mol. The van der Waals surface area contributed by atoms with E-state index in [9.17, 15) is 0 Å². The first-order valence-corrected chi connectivity index (χ1v) is 42.5. The third-order valence-corrected chi connectivity index (χ3v) is 28.0. The predicted molar refractivity (Wildman–Crippen MR) is 489 cm³/mol. The van der Waals surface area contributed by atoms with Gasteiger partial charge in [0.15, 0.2) is 5.65 Å². The molecule has 0 spiro atoms. The standard InChI is InChI=1S/4C27H16N4/c1-2-5-17-15(4-1)12-21-18(17)8-7-16-13-22-26(24(16)21)31-23-14-28-11-9-19(23)25-20(27(31)30-22)6-3-10-29-25;1-2-5-17-15(4-1)12-21-18(17)8-7-16-13-22-26(24(16)21)31-23-14-28-11-9-19(23)20-6-3-10-29-25(20)27(31)30-22;1-2-4-17-15(3-1)11-21-18(17)6-5-16-12-23-26(25(16)21)31-24-14-29-9-7-19(24)22-13-28-10-8-20(22)27(31)30-23;1-2-4-17-15(3-1)11-21-18(17)6-5-16-12-23-26(25(16)21)31-24-14-29-10-8-20(24)19-7-9-28-13-22(19)27(31)30-23/h2*1-11,14H,12-13H2;2*1-10,13-14H,11-12H2. The monoisotopic (exact) mass is 1580 g/mol. The number of aromatic nitrogens is 16. The highest BCUT2D eigenvalue weighted by atomic mass is 15.1. The molecule has 0 saturated carbocycles. The van der Waals surface area contributed by atoms with Crippen molar-refractivity contribution in [2.45, 2.75) is 51.4 Å². The molecule has 0 saturated heterocycles. The lowest BCUT2D eigenvalue weighted by Crippen LogP contribution is -1.98. The van der Waals surface area contributed by atoms with E-state index in [-0.39, 0.29) is 0 Å². The van der Waals surface area contributed by atoms with Crippen molar-refractivity contribution in [3.63, 3.8) is 0 Å². The Bertz CT molecular complexity index is 8010. The summed E-state index contributed by atoms with van der Waals surface area (Å²) in [7, 11) is 0. The smallest absolute Gasteiger partial charge is 0.164 e. The Labute approximate surface area is 706 Å². The van der Waals surface area contributed by atoms with Gasteiger partial charge in [-0.2, -0.15) is 0 Å². The summed E-state index contributed by atoms with van der Waals surface area (Å²) in [5, 5.41) is 11.4. The number of fused-ring (bicyclic) bond motifs is 56. The first-order chi connectivity index (χ1) is 61.5. The average Bonchev–Trinajstić information content (AvgIpc) is 1.55. The van der Waals surface area contributed by atoms with Crippen molar-refractivity contribution >= 4 is 110 Å². The van der Waals surface area contributed by atoms with E-state index >= 15 is 0 Å². The summed E-state index contributed by atoms with van der Waals surface area (Å²) >= 11 is 0. The summed E-state index contributed by atoms with van der Waals surface area (Å²) in [6.45, 7) is 0. The van der Waals surface area contributed by atoms with Gasteiger partial charge in [-0.05, 0) is 197 Å². The Morgan fingerprint density at radius 3 is 0.944 bits per heavy atom. The van der Waals surface area contributed by atoms with E-state index < -0.39 is 0 Å². The van der Waals surface area contributed by atoms with Gasteiger partial charge in [-0.15, -0.1) is 0 Å². The molecule has 0 unspecified atom stereocenters. The molecular formula is C108H64N16. The van der Waals surface area contributed by atoms with Gasteiger partial charge in [0, 0.05) is 158 Å². The molecule has 32 rings (SSSR count). The van der Waals surface area contributed by atoms with Crippen LogP contribution in [0.5, 0.6) is 0 Å². The molecule has 0 bridgehead atoms. The number of benzene rings is 8. The number of hydrogen-bond donors (Lipinski definition) is 0. The van der Waals surface area contributed by atoms with Gasteiger partial charge >= 0.3 is 0 Å². The Kier molecular flexibility index (Phi) is 13.3. The van der Waals surface area contributed by atoms with Gasteiger partial charge in [0.25, 0.3) is 0 Å². The van der Waals surface area contributed by atoms with Gasteiger partial charge in [-0.25, -0.2) is 19.9 Å². The molecule has 16 aromatic heterocycles. The van der Waals surface area contributed by atoms with E-state index in [4.69, 9.17) is 29.9 Å². The second-order valence-electron chi connectivity index (χ2n) is 34.0. The van der Waals surface area contributed by atoms with Crippen LogP contribution >= 0.6 is 0 Å². The Morgan fingerprint density at radius 1 is 0.194 bits per heavy atom. The number of nitrogens with zero attached hydrogens (tertiary/aromatic N) is 16. The molecule has 8 aromatic carbocycles. The maximum Gasteiger partial charge on any atom is 0.164 e. The van der Waals surface area contributed by atoms with Crippen molar-refractivity contribution in [1.29, 1.82) is 0 Å². The van der Waals surface area contributed by atoms with Crippen LogP contribution < -0.4 is 0 Å². The minimum Gasteiger partial charge on any atom is -0.290 e. The first kappa shape index (κ1) is 66.7. The maximum atomic E-state index is 5.17. The highest BCUT2D eigenvalue weighted by molar-refractivity contribution is 6.16. The van der Waals surface area contributed by atoms with Crippen molar-refractivity contribution in [2.24, 2.45) is 0 Å². The average molecular weight is 1590 g/mol. The molecule has 124 heavy (non-hydrogen) atoms.